The molecule has 5 nitrogen and oxygen atoms in total. The molecule has 1 aromatic heterocycles. The molecule has 1 heterocycles. The van der Waals surface area contributed by atoms with Crippen LogP contribution in [0.3, 0.4) is 0 Å². The van der Waals surface area contributed by atoms with Crippen LogP contribution >= 0.6 is 0 Å². The average molecular weight is 513 g/mol. The van der Waals surface area contributed by atoms with Crippen LogP contribution < -0.4 is 4.57 Å². The molecule has 0 aliphatic rings. The molecule has 0 bridgehead atoms. The highest BCUT2D eigenvalue weighted by molar-refractivity contribution is 7.86. The first kappa shape index (κ1) is 32.9. The van der Waals surface area contributed by atoms with Crippen molar-refractivity contribution in [1.29, 1.82) is 0 Å². The summed E-state index contributed by atoms with van der Waals surface area (Å²) >= 11 is 0. The molecule has 0 spiro atoms. The second-order valence-electron chi connectivity index (χ2n) is 9.09. The van der Waals surface area contributed by atoms with Gasteiger partial charge in [-0.15, -0.1) is 0 Å². The first-order valence-electron chi connectivity index (χ1n) is 13.2. The third-order valence-corrected chi connectivity index (χ3v) is 6.35. The van der Waals surface area contributed by atoms with Crippen LogP contribution in [0.4, 0.5) is 13.2 Å². The van der Waals surface area contributed by atoms with E-state index >= 15 is 0 Å². The van der Waals surface area contributed by atoms with Crippen LogP contribution in [-0.2, 0) is 23.2 Å². The van der Waals surface area contributed by atoms with E-state index in [2.05, 4.69) is 41.7 Å². The maximum absolute atomic E-state index is 10.7. The minimum atomic E-state index is -6.09. The summed E-state index contributed by atoms with van der Waals surface area (Å²) in [5.41, 5.74) is -5.65. The first-order valence-corrected chi connectivity index (χ1v) is 14.6. The lowest BCUT2D eigenvalue weighted by Crippen LogP contribution is -2.30. The molecular weight excluding hydrogens is 465 g/mol. The van der Waals surface area contributed by atoms with Crippen molar-refractivity contribution in [2.24, 2.45) is 0 Å². The summed E-state index contributed by atoms with van der Waals surface area (Å²) in [4.78, 5) is 0. The molecule has 0 aliphatic heterocycles. The van der Waals surface area contributed by atoms with Crippen molar-refractivity contribution in [2.45, 2.75) is 142 Å². The van der Waals surface area contributed by atoms with Gasteiger partial charge in [-0.05, 0) is 19.3 Å². The summed E-state index contributed by atoms with van der Waals surface area (Å²) in [5.74, 6) is 0. The van der Waals surface area contributed by atoms with E-state index < -0.39 is 15.6 Å². The number of hydrogen-bond acceptors (Lipinski definition) is 3. The summed E-state index contributed by atoms with van der Waals surface area (Å²) in [6, 6.07) is 0. The van der Waals surface area contributed by atoms with Gasteiger partial charge in [0.2, 0.25) is 6.33 Å². The molecule has 1 aromatic rings. The largest absolute Gasteiger partial charge is 0.741 e. The maximum Gasteiger partial charge on any atom is 0.485 e. The molecular formula is C25H47F3N2O3S. The van der Waals surface area contributed by atoms with Gasteiger partial charge in [0, 0.05) is 0 Å². The van der Waals surface area contributed by atoms with Crippen molar-refractivity contribution >= 4 is 10.1 Å². The lowest BCUT2D eigenvalue weighted by molar-refractivity contribution is -0.696. The van der Waals surface area contributed by atoms with Crippen molar-refractivity contribution in [2.75, 3.05) is 0 Å². The first-order chi connectivity index (χ1) is 16.1. The zero-order valence-corrected chi connectivity index (χ0v) is 22.1. The van der Waals surface area contributed by atoms with E-state index in [1.54, 1.807) is 0 Å². The maximum atomic E-state index is 10.7. The highest BCUT2D eigenvalue weighted by atomic mass is 32.2. The molecule has 0 N–H and O–H groups in total. The fourth-order valence-electron chi connectivity index (χ4n) is 3.80. The average Bonchev–Trinajstić information content (AvgIpc) is 3.20. The lowest BCUT2D eigenvalue weighted by Gasteiger charge is -2.08. The predicted molar refractivity (Wildman–Crippen MR) is 130 cm³/mol. The van der Waals surface area contributed by atoms with Gasteiger partial charge in [-0.2, -0.15) is 13.2 Å². The Hall–Kier alpha value is -1.09. The standard InChI is InChI=1S/C24H47N2.CHF3O3S/c1-3-5-6-7-8-9-10-11-12-13-14-15-16-17-18-19-21-26-23-22-25(24-26)20-4-2;2-1(3,4)8(5,6)7/h22-24H,3-21H2,1-2H3;(H,5,6,7)/q+1;/p-1. The minimum Gasteiger partial charge on any atom is -0.741 e. The lowest BCUT2D eigenvalue weighted by atomic mass is 10.0. The quantitative estimate of drug-likeness (QED) is 0.0834. The third kappa shape index (κ3) is 19.2. The second kappa shape index (κ2) is 20.1. The van der Waals surface area contributed by atoms with E-state index in [-0.39, 0.29) is 0 Å². The van der Waals surface area contributed by atoms with Crippen LogP contribution in [-0.4, -0.2) is 23.0 Å². The highest BCUT2D eigenvalue weighted by Gasteiger charge is 2.36. The molecule has 34 heavy (non-hydrogen) atoms. The van der Waals surface area contributed by atoms with Crippen molar-refractivity contribution in [3.63, 3.8) is 0 Å². The van der Waals surface area contributed by atoms with Gasteiger partial charge in [0.1, 0.15) is 12.4 Å². The number of aryl methyl sites for hydroxylation is 2. The summed E-state index contributed by atoms with van der Waals surface area (Å²) < 4.78 is 63.5. The van der Waals surface area contributed by atoms with Crippen LogP contribution in [0, 0.1) is 0 Å². The zero-order chi connectivity index (χ0) is 25.7. The number of alkyl halides is 3. The monoisotopic (exact) mass is 512 g/mol. The summed E-state index contributed by atoms with van der Waals surface area (Å²) in [7, 11) is -6.09. The van der Waals surface area contributed by atoms with Crippen LogP contribution in [0.5, 0.6) is 0 Å². The van der Waals surface area contributed by atoms with E-state index in [0.29, 0.717) is 0 Å². The van der Waals surface area contributed by atoms with Gasteiger partial charge >= 0.3 is 5.51 Å². The number of halogens is 3. The van der Waals surface area contributed by atoms with Gasteiger partial charge in [0.15, 0.2) is 10.1 Å². The summed E-state index contributed by atoms with van der Waals surface area (Å²) in [6.45, 7) is 6.87. The van der Waals surface area contributed by atoms with Crippen LogP contribution in [0.1, 0.15) is 123 Å². The zero-order valence-electron chi connectivity index (χ0n) is 21.3. The Morgan fingerprint density at radius 1 is 0.735 bits per heavy atom. The van der Waals surface area contributed by atoms with Crippen LogP contribution in [0.25, 0.3) is 0 Å². The minimum absolute atomic E-state index is 1.14. The number of imidazole rings is 1. The Balaban J connectivity index is 0.00000116. The van der Waals surface area contributed by atoms with Gasteiger partial charge in [-0.25, -0.2) is 17.6 Å². The molecule has 0 radical (unpaired) electrons. The Morgan fingerprint density at radius 3 is 1.47 bits per heavy atom. The number of rotatable bonds is 19. The van der Waals surface area contributed by atoms with Gasteiger partial charge in [-0.3, -0.25) is 0 Å². The second-order valence-corrected chi connectivity index (χ2v) is 10.5. The Kier molecular flexibility index (Phi) is 19.5. The number of nitrogens with zero attached hydrogens (tertiary/aromatic N) is 2. The molecule has 0 amide bonds. The molecule has 0 saturated heterocycles. The van der Waals surface area contributed by atoms with Crippen LogP contribution in [0.2, 0.25) is 0 Å². The third-order valence-electron chi connectivity index (χ3n) is 5.78. The Morgan fingerprint density at radius 2 is 1.12 bits per heavy atom. The van der Waals surface area contributed by atoms with Crippen LogP contribution in [0.15, 0.2) is 18.7 Å². The van der Waals surface area contributed by atoms with E-state index in [1.807, 2.05) is 0 Å². The van der Waals surface area contributed by atoms with Gasteiger partial charge in [0.05, 0.1) is 13.1 Å². The smallest absolute Gasteiger partial charge is 0.485 e. The normalized spacial score (nSPS) is 11.9. The van der Waals surface area contributed by atoms with Crippen molar-refractivity contribution < 1.29 is 30.7 Å². The fourth-order valence-corrected chi connectivity index (χ4v) is 3.80. The predicted octanol–water partition coefficient (Wildman–Crippen LogP) is 7.50. The van der Waals surface area contributed by atoms with Crippen molar-refractivity contribution in [1.82, 2.24) is 4.57 Å². The molecule has 0 atom stereocenters. The number of unbranched alkanes of at least 4 members (excludes halogenated alkanes) is 15. The Bertz CT molecular complexity index is 692. The molecule has 0 unspecified atom stereocenters. The van der Waals surface area contributed by atoms with Gasteiger partial charge in [0.25, 0.3) is 0 Å². The summed E-state index contributed by atoms with van der Waals surface area (Å²) in [6.07, 6.45) is 31.0. The highest BCUT2D eigenvalue weighted by Crippen LogP contribution is 2.20. The van der Waals surface area contributed by atoms with E-state index in [9.17, 15) is 13.2 Å². The molecule has 0 aromatic carbocycles. The van der Waals surface area contributed by atoms with E-state index in [4.69, 9.17) is 13.0 Å². The Labute approximate surface area is 205 Å². The van der Waals surface area contributed by atoms with Crippen molar-refractivity contribution in [3.05, 3.63) is 18.7 Å². The fraction of sp³-hybridized carbons (Fsp3) is 0.880. The molecule has 0 fully saturated rings. The molecule has 1 rings (SSSR count). The molecule has 9 heteroatoms. The topological polar surface area (TPSA) is 66.0 Å². The molecule has 202 valence electrons. The van der Waals surface area contributed by atoms with Gasteiger partial charge in [-0.1, -0.05) is 104 Å². The number of hydrogen-bond donors (Lipinski definition) is 0. The number of aromatic nitrogens is 2. The SMILES string of the molecule is CCCCCCCCCCCCCCCCCC[n+]1ccn(CCC)c1.O=S(=O)([O-])C(F)(F)F. The van der Waals surface area contributed by atoms with E-state index in [0.717, 1.165) is 6.54 Å². The van der Waals surface area contributed by atoms with Gasteiger partial charge < -0.3 is 4.55 Å². The van der Waals surface area contributed by atoms with E-state index in [1.165, 1.54) is 116 Å². The molecule has 0 saturated carbocycles. The van der Waals surface area contributed by atoms with Crippen molar-refractivity contribution in [3.8, 4) is 0 Å². The summed E-state index contributed by atoms with van der Waals surface area (Å²) in [5, 5.41) is 0. The molecule has 0 aliphatic carbocycles.